The zero-order valence-electron chi connectivity index (χ0n) is 14.5. The third-order valence-corrected chi connectivity index (χ3v) is 4.07. The van der Waals surface area contributed by atoms with E-state index in [1.807, 2.05) is 78.9 Å². The molecule has 0 atom stereocenters. The zero-order valence-corrected chi connectivity index (χ0v) is 15.3. The summed E-state index contributed by atoms with van der Waals surface area (Å²) in [5, 5.41) is 0. The summed E-state index contributed by atoms with van der Waals surface area (Å²) in [4.78, 5) is 16.9. The first-order valence-corrected chi connectivity index (χ1v) is 8.45. The van der Waals surface area contributed by atoms with E-state index in [9.17, 15) is 4.79 Å². The fourth-order valence-electron chi connectivity index (χ4n) is 2.78. The van der Waals surface area contributed by atoms with Crippen LogP contribution < -0.4 is 0 Å². The average molecular weight is 368 g/mol. The van der Waals surface area contributed by atoms with Crippen LogP contribution in [0.25, 0.3) is 0 Å². The van der Waals surface area contributed by atoms with Crippen LogP contribution in [-0.2, 0) is 29.0 Å². The van der Waals surface area contributed by atoms with Crippen LogP contribution in [0.4, 0.5) is 0 Å². The molecule has 3 nitrogen and oxygen atoms in total. The Hall–Kier alpha value is -2.65. The Balaban J connectivity index is 0.00000243. The maximum absolute atomic E-state index is 12.7. The van der Waals surface area contributed by atoms with Crippen LogP contribution in [0, 0.1) is 5.92 Å². The first-order chi connectivity index (χ1) is 12.3. The number of pyridine rings is 1. The third-order valence-electron chi connectivity index (χ3n) is 4.07. The van der Waals surface area contributed by atoms with E-state index in [4.69, 9.17) is 4.74 Å². The lowest BCUT2D eigenvalue weighted by Gasteiger charge is -2.16. The van der Waals surface area contributed by atoms with Gasteiger partial charge in [0.2, 0.25) is 0 Å². The van der Waals surface area contributed by atoms with Crippen molar-refractivity contribution in [3.8, 4) is 0 Å². The van der Waals surface area contributed by atoms with Crippen LogP contribution in [0.2, 0.25) is 0 Å². The van der Waals surface area contributed by atoms with Gasteiger partial charge in [-0.15, -0.1) is 12.4 Å². The summed E-state index contributed by atoms with van der Waals surface area (Å²) >= 11 is 0. The molecule has 1 aromatic heterocycles. The molecule has 3 aromatic rings. The molecule has 0 aliphatic heterocycles. The smallest absolute Gasteiger partial charge is 0.309 e. The molecule has 134 valence electrons. The number of carbonyl (C=O) groups excluding carboxylic acids is 1. The van der Waals surface area contributed by atoms with Gasteiger partial charge in [0, 0.05) is 6.20 Å². The molecule has 0 aliphatic rings. The molecule has 0 amide bonds. The van der Waals surface area contributed by atoms with Gasteiger partial charge in [-0.2, -0.15) is 0 Å². The molecule has 3 rings (SSSR count). The normalized spacial score (nSPS) is 10.2. The number of nitrogens with zero attached hydrogens (tertiary/aromatic N) is 1. The molecule has 4 heteroatoms. The second-order valence-electron chi connectivity index (χ2n) is 6.01. The topological polar surface area (TPSA) is 39.2 Å². The summed E-state index contributed by atoms with van der Waals surface area (Å²) < 4.78 is 5.53. The fourth-order valence-corrected chi connectivity index (χ4v) is 2.78. The summed E-state index contributed by atoms with van der Waals surface area (Å²) in [6, 6.07) is 25.7. The molecule has 0 saturated carbocycles. The van der Waals surface area contributed by atoms with Crippen molar-refractivity contribution in [2.75, 3.05) is 0 Å². The lowest BCUT2D eigenvalue weighted by atomic mass is 9.92. The summed E-state index contributed by atoms with van der Waals surface area (Å²) in [5.74, 6) is -0.396. The van der Waals surface area contributed by atoms with Crippen molar-refractivity contribution >= 4 is 18.4 Å². The van der Waals surface area contributed by atoms with Crippen LogP contribution >= 0.6 is 12.4 Å². The minimum Gasteiger partial charge on any atom is -0.459 e. The van der Waals surface area contributed by atoms with Crippen molar-refractivity contribution < 1.29 is 9.53 Å². The molecule has 1 heterocycles. The molecule has 0 radical (unpaired) electrons. The van der Waals surface area contributed by atoms with E-state index in [-0.39, 0.29) is 30.9 Å². The molecule has 0 saturated heterocycles. The Labute approximate surface area is 160 Å². The van der Waals surface area contributed by atoms with E-state index < -0.39 is 0 Å². The predicted molar refractivity (Wildman–Crippen MR) is 105 cm³/mol. The number of rotatable bonds is 7. The van der Waals surface area contributed by atoms with E-state index in [2.05, 4.69) is 4.98 Å². The van der Waals surface area contributed by atoms with Crippen molar-refractivity contribution in [2.24, 2.45) is 5.92 Å². The molecule has 0 aliphatic carbocycles. The maximum atomic E-state index is 12.7. The van der Waals surface area contributed by atoms with Crippen LogP contribution in [0.15, 0.2) is 85.1 Å². The highest BCUT2D eigenvalue weighted by Gasteiger charge is 2.21. The van der Waals surface area contributed by atoms with E-state index in [1.54, 1.807) is 6.20 Å². The van der Waals surface area contributed by atoms with Gasteiger partial charge in [-0.05, 0) is 36.1 Å². The number of halogens is 1. The number of hydrogen-bond donors (Lipinski definition) is 0. The van der Waals surface area contributed by atoms with Gasteiger partial charge in [-0.25, -0.2) is 0 Å². The zero-order chi connectivity index (χ0) is 17.3. The van der Waals surface area contributed by atoms with Gasteiger partial charge >= 0.3 is 5.97 Å². The Morgan fingerprint density at radius 3 is 1.85 bits per heavy atom. The minimum absolute atomic E-state index is 0. The van der Waals surface area contributed by atoms with E-state index >= 15 is 0 Å². The molecule has 0 N–H and O–H groups in total. The van der Waals surface area contributed by atoms with E-state index in [0.717, 1.165) is 16.8 Å². The number of esters is 1. The summed E-state index contributed by atoms with van der Waals surface area (Å²) in [5.41, 5.74) is 3.03. The fraction of sp³-hybridized carbons (Fsp3) is 0.182. The monoisotopic (exact) mass is 367 g/mol. The predicted octanol–water partition coefficient (Wildman–Crippen LogP) is 4.65. The molecular formula is C22H22ClNO2. The number of ether oxygens (including phenoxy) is 1. The van der Waals surface area contributed by atoms with Gasteiger partial charge in [0.05, 0.1) is 11.6 Å². The molecule has 2 aromatic carbocycles. The lowest BCUT2D eigenvalue weighted by molar-refractivity contribution is -0.150. The van der Waals surface area contributed by atoms with Crippen molar-refractivity contribution in [3.63, 3.8) is 0 Å². The van der Waals surface area contributed by atoms with Gasteiger partial charge in [0.1, 0.15) is 6.61 Å². The number of hydrogen-bond acceptors (Lipinski definition) is 3. The van der Waals surface area contributed by atoms with Gasteiger partial charge < -0.3 is 4.74 Å². The van der Waals surface area contributed by atoms with Crippen LogP contribution in [0.5, 0.6) is 0 Å². The Morgan fingerprint density at radius 1 is 0.808 bits per heavy atom. The third kappa shape index (κ3) is 6.01. The van der Waals surface area contributed by atoms with Crippen molar-refractivity contribution in [1.82, 2.24) is 4.98 Å². The standard InChI is InChI=1S/C22H21NO2.ClH/c24-22(25-17-21-13-7-8-14-23-21)20(15-18-9-3-1-4-10-18)16-19-11-5-2-6-12-19;/h1-14,20H,15-17H2;1H. The molecule has 0 fully saturated rings. The maximum Gasteiger partial charge on any atom is 0.309 e. The highest BCUT2D eigenvalue weighted by Crippen LogP contribution is 2.17. The van der Waals surface area contributed by atoms with Crippen molar-refractivity contribution in [2.45, 2.75) is 19.4 Å². The number of aromatic nitrogens is 1. The van der Waals surface area contributed by atoms with Crippen molar-refractivity contribution in [1.29, 1.82) is 0 Å². The van der Waals surface area contributed by atoms with E-state index in [1.165, 1.54) is 0 Å². The molecular weight excluding hydrogens is 346 g/mol. The second-order valence-corrected chi connectivity index (χ2v) is 6.01. The largest absolute Gasteiger partial charge is 0.459 e. The Bertz CT molecular complexity index is 738. The Kier molecular flexibility index (Phi) is 7.84. The molecule has 0 unspecified atom stereocenters. The van der Waals surface area contributed by atoms with Crippen LogP contribution in [-0.4, -0.2) is 11.0 Å². The number of benzene rings is 2. The summed E-state index contributed by atoms with van der Waals surface area (Å²) in [6.07, 6.45) is 3.03. The molecule has 0 spiro atoms. The van der Waals surface area contributed by atoms with Gasteiger partial charge in [0.15, 0.2) is 0 Å². The minimum atomic E-state index is -0.214. The Morgan fingerprint density at radius 2 is 1.35 bits per heavy atom. The number of carbonyl (C=O) groups is 1. The van der Waals surface area contributed by atoms with Gasteiger partial charge in [-0.3, -0.25) is 9.78 Å². The summed E-state index contributed by atoms with van der Waals surface area (Å²) in [6.45, 7) is 0.208. The summed E-state index contributed by atoms with van der Waals surface area (Å²) in [7, 11) is 0. The lowest BCUT2D eigenvalue weighted by Crippen LogP contribution is -2.22. The first-order valence-electron chi connectivity index (χ1n) is 8.45. The van der Waals surface area contributed by atoms with Gasteiger partial charge in [-0.1, -0.05) is 66.7 Å². The molecule has 0 bridgehead atoms. The van der Waals surface area contributed by atoms with Gasteiger partial charge in [0.25, 0.3) is 0 Å². The molecule has 26 heavy (non-hydrogen) atoms. The first kappa shape index (κ1) is 19.7. The van der Waals surface area contributed by atoms with Crippen LogP contribution in [0.1, 0.15) is 16.8 Å². The SMILES string of the molecule is Cl.O=C(OCc1ccccn1)C(Cc1ccccc1)Cc1ccccc1. The highest BCUT2D eigenvalue weighted by molar-refractivity contribution is 5.85. The van der Waals surface area contributed by atoms with E-state index in [0.29, 0.717) is 12.8 Å². The highest BCUT2D eigenvalue weighted by atomic mass is 35.5. The quantitative estimate of drug-likeness (QED) is 0.571. The van der Waals surface area contributed by atoms with Crippen LogP contribution in [0.3, 0.4) is 0 Å². The van der Waals surface area contributed by atoms with Crippen molar-refractivity contribution in [3.05, 3.63) is 102 Å². The second kappa shape index (κ2) is 10.4. The average Bonchev–Trinajstić information content (AvgIpc) is 2.68.